The number of carbonyl (C=O) groups excluding carboxylic acids is 2. The van der Waals surface area contributed by atoms with Crippen LogP contribution in [0.15, 0.2) is 53.4 Å². The van der Waals surface area contributed by atoms with Crippen LogP contribution in [0, 0.1) is 11.6 Å². The molecule has 0 saturated carbocycles. The molecule has 0 aliphatic rings. The first-order valence-corrected chi connectivity index (χ1v) is 8.07. The number of anilines is 1. The normalized spacial score (nSPS) is 11.6. The second kappa shape index (κ2) is 8.44. The number of thioether (sulfide) groups is 1. The van der Waals surface area contributed by atoms with Crippen molar-refractivity contribution in [1.82, 2.24) is 0 Å². The van der Waals surface area contributed by atoms with Crippen LogP contribution >= 0.6 is 11.8 Å². The molecule has 1 atom stereocenters. The van der Waals surface area contributed by atoms with Gasteiger partial charge in [-0.3, -0.25) is 9.59 Å². The largest absolute Gasteiger partial charge is 0.452 e. The van der Waals surface area contributed by atoms with Gasteiger partial charge in [-0.1, -0.05) is 18.2 Å². The minimum atomic E-state index is -1.05. The van der Waals surface area contributed by atoms with Crippen molar-refractivity contribution >= 4 is 29.3 Å². The number of rotatable bonds is 6. The van der Waals surface area contributed by atoms with Crippen molar-refractivity contribution in [2.45, 2.75) is 17.9 Å². The van der Waals surface area contributed by atoms with Crippen molar-refractivity contribution in [3.05, 3.63) is 60.2 Å². The molecule has 2 aromatic rings. The molecule has 7 heteroatoms. The number of amides is 1. The van der Waals surface area contributed by atoms with E-state index in [1.165, 1.54) is 31.2 Å². The van der Waals surface area contributed by atoms with E-state index in [1.807, 2.05) is 0 Å². The molecule has 126 valence electrons. The summed E-state index contributed by atoms with van der Waals surface area (Å²) in [6.07, 6.45) is -1.05. The summed E-state index contributed by atoms with van der Waals surface area (Å²) in [4.78, 5) is 24.0. The summed E-state index contributed by atoms with van der Waals surface area (Å²) in [5, 5.41) is 2.45. The molecule has 0 bridgehead atoms. The molecule has 0 aromatic heterocycles. The SMILES string of the molecule is C[C@H](OC(=O)CSc1ccccc1F)C(=O)Nc1cccc(F)c1. The lowest BCUT2D eigenvalue weighted by Gasteiger charge is -2.13. The Kier molecular flexibility index (Phi) is 6.31. The average molecular weight is 351 g/mol. The lowest BCUT2D eigenvalue weighted by molar-refractivity contribution is -0.150. The monoisotopic (exact) mass is 351 g/mol. The van der Waals surface area contributed by atoms with Gasteiger partial charge in [0.2, 0.25) is 0 Å². The number of hydrogen-bond donors (Lipinski definition) is 1. The zero-order valence-corrected chi connectivity index (χ0v) is 13.6. The molecule has 1 N–H and O–H groups in total. The van der Waals surface area contributed by atoms with Crippen molar-refractivity contribution in [3.63, 3.8) is 0 Å². The minimum Gasteiger partial charge on any atom is -0.452 e. The van der Waals surface area contributed by atoms with Gasteiger partial charge in [-0.05, 0) is 37.3 Å². The van der Waals surface area contributed by atoms with E-state index < -0.39 is 29.6 Å². The van der Waals surface area contributed by atoms with Gasteiger partial charge in [0.15, 0.2) is 6.10 Å². The summed E-state index contributed by atoms with van der Waals surface area (Å²) in [5.74, 6) is -2.26. The maximum absolute atomic E-state index is 13.4. The summed E-state index contributed by atoms with van der Waals surface area (Å²) in [5.41, 5.74) is 0.267. The molecular formula is C17H15F2NO3S. The Balaban J connectivity index is 1.82. The summed E-state index contributed by atoms with van der Waals surface area (Å²) < 4.78 is 31.5. The molecular weight excluding hydrogens is 336 g/mol. The van der Waals surface area contributed by atoms with Crippen LogP contribution in [-0.4, -0.2) is 23.7 Å². The zero-order valence-electron chi connectivity index (χ0n) is 12.8. The van der Waals surface area contributed by atoms with E-state index in [1.54, 1.807) is 18.2 Å². The number of ether oxygens (including phenoxy) is 1. The molecule has 4 nitrogen and oxygen atoms in total. The van der Waals surface area contributed by atoms with Crippen LogP contribution in [0.2, 0.25) is 0 Å². The lowest BCUT2D eigenvalue weighted by atomic mass is 10.3. The van der Waals surface area contributed by atoms with Crippen LogP contribution < -0.4 is 5.32 Å². The summed E-state index contributed by atoms with van der Waals surface area (Å²) in [7, 11) is 0. The van der Waals surface area contributed by atoms with Gasteiger partial charge in [-0.25, -0.2) is 8.78 Å². The first-order chi connectivity index (χ1) is 11.5. The van der Waals surface area contributed by atoms with E-state index >= 15 is 0 Å². The first kappa shape index (κ1) is 17.9. The molecule has 0 spiro atoms. The Bertz CT molecular complexity index is 739. The van der Waals surface area contributed by atoms with E-state index in [0.29, 0.717) is 4.90 Å². The van der Waals surface area contributed by atoms with E-state index in [2.05, 4.69) is 5.32 Å². The molecule has 2 rings (SSSR count). The molecule has 0 unspecified atom stereocenters. The van der Waals surface area contributed by atoms with Crippen molar-refractivity contribution in [1.29, 1.82) is 0 Å². The van der Waals surface area contributed by atoms with Gasteiger partial charge in [0.1, 0.15) is 11.6 Å². The summed E-state index contributed by atoms with van der Waals surface area (Å²) in [6, 6.07) is 11.4. The number of nitrogens with one attached hydrogen (secondary N) is 1. The van der Waals surface area contributed by atoms with E-state index in [0.717, 1.165) is 17.8 Å². The van der Waals surface area contributed by atoms with Gasteiger partial charge in [-0.2, -0.15) is 0 Å². The Morgan fingerprint density at radius 1 is 1.17 bits per heavy atom. The molecule has 24 heavy (non-hydrogen) atoms. The molecule has 0 aliphatic carbocycles. The standard InChI is InChI=1S/C17H15F2NO3S/c1-11(17(22)20-13-6-4-5-12(18)9-13)23-16(21)10-24-15-8-3-2-7-14(15)19/h2-9,11H,10H2,1H3,(H,20,22)/t11-/m0/s1. The van der Waals surface area contributed by atoms with Crippen LogP contribution in [0.25, 0.3) is 0 Å². The summed E-state index contributed by atoms with van der Waals surface area (Å²) >= 11 is 0.984. The average Bonchev–Trinajstić information content (AvgIpc) is 2.54. The number of esters is 1. The number of halogens is 2. The second-order valence-electron chi connectivity index (χ2n) is 4.85. The highest BCUT2D eigenvalue weighted by Crippen LogP contribution is 2.21. The maximum atomic E-state index is 13.4. The van der Waals surface area contributed by atoms with Gasteiger partial charge >= 0.3 is 5.97 Å². The molecule has 0 radical (unpaired) electrons. The number of hydrogen-bond acceptors (Lipinski definition) is 4. The van der Waals surface area contributed by atoms with Gasteiger partial charge < -0.3 is 10.1 Å². The zero-order chi connectivity index (χ0) is 17.5. The molecule has 1 amide bonds. The van der Waals surface area contributed by atoms with Crippen LogP contribution in [-0.2, 0) is 14.3 Å². The van der Waals surface area contributed by atoms with Gasteiger partial charge in [0.25, 0.3) is 5.91 Å². The van der Waals surface area contributed by atoms with Gasteiger partial charge in [-0.15, -0.1) is 11.8 Å². The fourth-order valence-corrected chi connectivity index (χ4v) is 2.52. The molecule has 0 heterocycles. The highest BCUT2D eigenvalue weighted by atomic mass is 32.2. The van der Waals surface area contributed by atoms with Crippen molar-refractivity contribution in [2.75, 3.05) is 11.1 Å². The Morgan fingerprint density at radius 3 is 2.62 bits per heavy atom. The highest BCUT2D eigenvalue weighted by Gasteiger charge is 2.18. The third-order valence-corrected chi connectivity index (χ3v) is 3.97. The first-order valence-electron chi connectivity index (χ1n) is 7.09. The van der Waals surface area contributed by atoms with Gasteiger partial charge in [0.05, 0.1) is 5.75 Å². The smallest absolute Gasteiger partial charge is 0.317 e. The molecule has 2 aromatic carbocycles. The highest BCUT2D eigenvalue weighted by molar-refractivity contribution is 8.00. The topological polar surface area (TPSA) is 55.4 Å². The Hall–Kier alpha value is -2.41. The predicted molar refractivity (Wildman–Crippen MR) is 87.7 cm³/mol. The second-order valence-corrected chi connectivity index (χ2v) is 5.87. The fourth-order valence-electron chi connectivity index (χ4n) is 1.79. The Labute approximate surface area is 142 Å². The van der Waals surface area contributed by atoms with Crippen molar-refractivity contribution < 1.29 is 23.1 Å². The third-order valence-electron chi connectivity index (χ3n) is 2.95. The van der Waals surface area contributed by atoms with Crippen molar-refractivity contribution in [3.8, 4) is 0 Å². The minimum absolute atomic E-state index is 0.126. The predicted octanol–water partition coefficient (Wildman–Crippen LogP) is 3.63. The Morgan fingerprint density at radius 2 is 1.92 bits per heavy atom. The number of benzene rings is 2. The summed E-state index contributed by atoms with van der Waals surface area (Å²) in [6.45, 7) is 1.40. The maximum Gasteiger partial charge on any atom is 0.317 e. The van der Waals surface area contributed by atoms with Crippen LogP contribution in [0.3, 0.4) is 0 Å². The quantitative estimate of drug-likeness (QED) is 0.638. The number of carbonyl (C=O) groups is 2. The fraction of sp³-hybridized carbons (Fsp3) is 0.176. The van der Waals surface area contributed by atoms with E-state index in [4.69, 9.17) is 4.74 Å². The van der Waals surface area contributed by atoms with E-state index in [9.17, 15) is 18.4 Å². The molecule has 0 aliphatic heterocycles. The molecule has 0 fully saturated rings. The molecule has 0 saturated heterocycles. The van der Waals surface area contributed by atoms with Crippen LogP contribution in [0.4, 0.5) is 14.5 Å². The third kappa shape index (κ3) is 5.34. The van der Waals surface area contributed by atoms with Crippen LogP contribution in [0.1, 0.15) is 6.92 Å². The van der Waals surface area contributed by atoms with E-state index in [-0.39, 0.29) is 11.4 Å². The van der Waals surface area contributed by atoms with Crippen LogP contribution in [0.5, 0.6) is 0 Å². The lowest BCUT2D eigenvalue weighted by Crippen LogP contribution is -2.30. The van der Waals surface area contributed by atoms with Gasteiger partial charge in [0, 0.05) is 10.6 Å². The van der Waals surface area contributed by atoms with Crippen molar-refractivity contribution in [2.24, 2.45) is 0 Å².